The first-order valence-corrected chi connectivity index (χ1v) is 8.05. The summed E-state index contributed by atoms with van der Waals surface area (Å²) >= 11 is 0. The highest BCUT2D eigenvalue weighted by Gasteiger charge is 2.49. The van der Waals surface area contributed by atoms with Crippen molar-refractivity contribution in [1.29, 1.82) is 0 Å². The Morgan fingerprint density at radius 3 is 3.14 bits per heavy atom. The zero-order chi connectivity index (χ0) is 15.1. The lowest BCUT2D eigenvalue weighted by atomic mass is 10.2. The van der Waals surface area contributed by atoms with Gasteiger partial charge in [-0.3, -0.25) is 9.48 Å². The van der Waals surface area contributed by atoms with Gasteiger partial charge in [-0.2, -0.15) is 5.10 Å². The summed E-state index contributed by atoms with van der Waals surface area (Å²) in [5.74, 6) is 1.66. The fourth-order valence-electron chi connectivity index (χ4n) is 3.60. The van der Waals surface area contributed by atoms with E-state index in [-0.39, 0.29) is 17.9 Å². The molecule has 5 nitrogen and oxygen atoms in total. The molecule has 22 heavy (non-hydrogen) atoms. The summed E-state index contributed by atoms with van der Waals surface area (Å²) in [6.45, 7) is 3.72. The topological polar surface area (TPSA) is 51.3 Å². The van der Waals surface area contributed by atoms with Gasteiger partial charge in [0.15, 0.2) is 0 Å². The molecule has 0 N–H and O–H groups in total. The number of rotatable bonds is 4. The molecule has 5 heteroatoms. The van der Waals surface area contributed by atoms with Crippen LogP contribution in [0.5, 0.6) is 0 Å². The van der Waals surface area contributed by atoms with Gasteiger partial charge in [-0.1, -0.05) is 0 Å². The average Bonchev–Trinajstić information content (AvgIpc) is 2.93. The Hall–Kier alpha value is -2.04. The van der Waals surface area contributed by atoms with Gasteiger partial charge >= 0.3 is 0 Å². The van der Waals surface area contributed by atoms with Gasteiger partial charge in [0.05, 0.1) is 25.0 Å². The summed E-state index contributed by atoms with van der Waals surface area (Å²) < 4.78 is 7.40. The minimum atomic E-state index is 0.117. The van der Waals surface area contributed by atoms with Crippen molar-refractivity contribution in [3.05, 3.63) is 42.1 Å². The number of carbonyl (C=O) groups is 1. The normalized spacial score (nSPS) is 27.3. The fourth-order valence-corrected chi connectivity index (χ4v) is 3.60. The smallest absolute Gasteiger partial charge is 0.226 e. The van der Waals surface area contributed by atoms with Crippen molar-refractivity contribution in [2.75, 3.05) is 6.54 Å². The molecule has 0 aromatic carbocycles. The zero-order valence-electron chi connectivity index (χ0n) is 12.8. The van der Waals surface area contributed by atoms with Crippen molar-refractivity contribution < 1.29 is 9.21 Å². The van der Waals surface area contributed by atoms with E-state index < -0.39 is 0 Å². The molecule has 2 aliphatic rings. The van der Waals surface area contributed by atoms with E-state index in [4.69, 9.17) is 4.42 Å². The standard InChI is InChI=1S/C17H21N3O2/c1-12-9-18-19(10-12)11-13-4-2-6-20(13)17(21)15-8-14(15)16-5-3-7-22-16/h3,5,7,9-10,13-15H,2,4,6,8,11H2,1H3. The van der Waals surface area contributed by atoms with Crippen molar-refractivity contribution >= 4 is 5.91 Å². The van der Waals surface area contributed by atoms with E-state index in [1.807, 2.05) is 36.1 Å². The van der Waals surface area contributed by atoms with E-state index in [1.54, 1.807) is 6.26 Å². The highest BCUT2D eigenvalue weighted by atomic mass is 16.3. The van der Waals surface area contributed by atoms with Crippen molar-refractivity contribution in [1.82, 2.24) is 14.7 Å². The second-order valence-electron chi connectivity index (χ2n) is 6.53. The molecule has 1 amide bonds. The highest BCUT2D eigenvalue weighted by molar-refractivity contribution is 5.83. The predicted octanol–water partition coefficient (Wildman–Crippen LogP) is 2.58. The number of likely N-dealkylation sites (tertiary alicyclic amines) is 1. The molecule has 1 saturated heterocycles. The van der Waals surface area contributed by atoms with Gasteiger partial charge in [0.1, 0.15) is 5.76 Å². The Morgan fingerprint density at radius 2 is 2.41 bits per heavy atom. The van der Waals surface area contributed by atoms with Crippen LogP contribution in [-0.4, -0.2) is 33.2 Å². The van der Waals surface area contributed by atoms with Crippen molar-refractivity contribution in [2.45, 2.75) is 44.7 Å². The van der Waals surface area contributed by atoms with Crippen molar-refractivity contribution in [3.63, 3.8) is 0 Å². The van der Waals surface area contributed by atoms with Crippen LogP contribution in [0.4, 0.5) is 0 Å². The van der Waals surface area contributed by atoms with Gasteiger partial charge in [0.25, 0.3) is 0 Å². The summed E-state index contributed by atoms with van der Waals surface area (Å²) in [6, 6.07) is 4.16. The van der Waals surface area contributed by atoms with Crippen LogP contribution in [0.15, 0.2) is 35.2 Å². The summed E-state index contributed by atoms with van der Waals surface area (Å²) in [6.07, 6.45) is 8.70. The molecule has 1 aliphatic carbocycles. The summed E-state index contributed by atoms with van der Waals surface area (Å²) in [5.41, 5.74) is 1.16. The minimum Gasteiger partial charge on any atom is -0.469 e. The number of aryl methyl sites for hydroxylation is 1. The number of amides is 1. The van der Waals surface area contributed by atoms with E-state index in [0.717, 1.165) is 43.7 Å². The Balaban J connectivity index is 1.42. The average molecular weight is 299 g/mol. The summed E-state index contributed by atoms with van der Waals surface area (Å²) in [5, 5.41) is 4.35. The molecular weight excluding hydrogens is 278 g/mol. The largest absolute Gasteiger partial charge is 0.469 e. The Kier molecular flexibility index (Phi) is 3.28. The number of carbonyl (C=O) groups excluding carboxylic acids is 1. The zero-order valence-corrected chi connectivity index (χ0v) is 12.8. The summed E-state index contributed by atoms with van der Waals surface area (Å²) in [7, 11) is 0. The Morgan fingerprint density at radius 1 is 1.50 bits per heavy atom. The molecule has 0 bridgehead atoms. The first-order valence-electron chi connectivity index (χ1n) is 8.05. The van der Waals surface area contributed by atoms with Crippen LogP contribution in [0.2, 0.25) is 0 Å². The monoisotopic (exact) mass is 299 g/mol. The van der Waals surface area contributed by atoms with Gasteiger partial charge in [0.2, 0.25) is 5.91 Å². The van der Waals surface area contributed by atoms with Gasteiger partial charge in [0, 0.05) is 24.6 Å². The molecule has 4 rings (SSSR count). The van der Waals surface area contributed by atoms with Crippen LogP contribution in [0, 0.1) is 12.8 Å². The molecule has 3 unspecified atom stereocenters. The molecule has 1 saturated carbocycles. The van der Waals surface area contributed by atoms with E-state index >= 15 is 0 Å². The number of aromatic nitrogens is 2. The number of hydrogen-bond acceptors (Lipinski definition) is 3. The Bertz CT molecular complexity index is 661. The molecule has 2 fully saturated rings. The predicted molar refractivity (Wildman–Crippen MR) is 81.3 cm³/mol. The van der Waals surface area contributed by atoms with Crippen LogP contribution < -0.4 is 0 Å². The van der Waals surface area contributed by atoms with Crippen LogP contribution in [-0.2, 0) is 11.3 Å². The van der Waals surface area contributed by atoms with Crippen LogP contribution in [0.3, 0.4) is 0 Å². The van der Waals surface area contributed by atoms with Crippen molar-refractivity contribution in [2.24, 2.45) is 5.92 Å². The first kappa shape index (κ1) is 13.6. The summed E-state index contributed by atoms with van der Waals surface area (Å²) in [4.78, 5) is 14.8. The lowest BCUT2D eigenvalue weighted by molar-refractivity contribution is -0.133. The van der Waals surface area contributed by atoms with Gasteiger partial charge in [-0.05, 0) is 43.9 Å². The third-order valence-electron chi connectivity index (χ3n) is 4.84. The molecule has 3 atom stereocenters. The number of nitrogens with zero attached hydrogens (tertiary/aromatic N) is 3. The van der Waals surface area contributed by atoms with Gasteiger partial charge < -0.3 is 9.32 Å². The van der Waals surface area contributed by atoms with E-state index in [9.17, 15) is 4.79 Å². The molecule has 1 aliphatic heterocycles. The van der Waals surface area contributed by atoms with E-state index in [1.165, 1.54) is 0 Å². The quantitative estimate of drug-likeness (QED) is 0.872. The van der Waals surface area contributed by atoms with Gasteiger partial charge in [-0.25, -0.2) is 0 Å². The maximum atomic E-state index is 12.8. The molecule has 3 heterocycles. The lowest BCUT2D eigenvalue weighted by Crippen LogP contribution is -2.39. The second kappa shape index (κ2) is 5.30. The van der Waals surface area contributed by atoms with Crippen molar-refractivity contribution in [3.8, 4) is 0 Å². The fraction of sp³-hybridized carbons (Fsp3) is 0.529. The molecule has 2 aromatic rings. The van der Waals surface area contributed by atoms with Crippen LogP contribution in [0.1, 0.15) is 36.5 Å². The first-order chi connectivity index (χ1) is 10.7. The second-order valence-corrected chi connectivity index (χ2v) is 6.53. The van der Waals surface area contributed by atoms with E-state index in [0.29, 0.717) is 5.91 Å². The molecule has 0 spiro atoms. The van der Waals surface area contributed by atoms with Crippen LogP contribution in [0.25, 0.3) is 0 Å². The third-order valence-corrected chi connectivity index (χ3v) is 4.84. The van der Waals surface area contributed by atoms with Crippen LogP contribution >= 0.6 is 0 Å². The maximum Gasteiger partial charge on any atom is 0.226 e. The number of furan rings is 1. The molecule has 0 radical (unpaired) electrons. The molecular formula is C17H21N3O2. The SMILES string of the molecule is Cc1cnn(CC2CCCN2C(=O)C2CC2c2ccco2)c1. The van der Waals surface area contributed by atoms with E-state index in [2.05, 4.69) is 10.00 Å². The minimum absolute atomic E-state index is 0.117. The molecule has 116 valence electrons. The maximum absolute atomic E-state index is 12.8. The third kappa shape index (κ3) is 2.45. The van der Waals surface area contributed by atoms with Gasteiger partial charge in [-0.15, -0.1) is 0 Å². The highest BCUT2D eigenvalue weighted by Crippen LogP contribution is 2.49. The lowest BCUT2D eigenvalue weighted by Gasteiger charge is -2.25. The molecule has 2 aromatic heterocycles. The number of hydrogen-bond donors (Lipinski definition) is 0. The Labute approximate surface area is 129 Å².